The van der Waals surface area contributed by atoms with Crippen LogP contribution >= 0.6 is 0 Å². The van der Waals surface area contributed by atoms with E-state index in [-0.39, 0.29) is 6.04 Å². The van der Waals surface area contributed by atoms with Gasteiger partial charge in [-0.05, 0) is 33.3 Å². The number of carbonyl (C=O) groups is 2. The van der Waals surface area contributed by atoms with Crippen LogP contribution in [-0.2, 0) is 4.74 Å². The van der Waals surface area contributed by atoms with Gasteiger partial charge in [0.15, 0.2) is 17.8 Å². The SMILES string of the molecule is COc1cc(C=O)c(N2CC[C@@H](NC(=O)OC(C)(C)C)C2)cc1OC. The molecule has 1 aliphatic heterocycles. The monoisotopic (exact) mass is 350 g/mol. The fraction of sp³-hybridized carbons (Fsp3) is 0.556. The van der Waals surface area contributed by atoms with E-state index in [0.29, 0.717) is 23.6 Å². The number of nitrogens with zero attached hydrogens (tertiary/aromatic N) is 1. The van der Waals surface area contributed by atoms with Crippen LogP contribution in [-0.4, -0.2) is 51.3 Å². The molecule has 0 aromatic heterocycles. The van der Waals surface area contributed by atoms with E-state index >= 15 is 0 Å². The molecule has 25 heavy (non-hydrogen) atoms. The minimum atomic E-state index is -0.531. The molecule has 7 heteroatoms. The number of alkyl carbamates (subject to hydrolysis) is 1. The molecule has 1 saturated heterocycles. The molecule has 0 unspecified atom stereocenters. The van der Waals surface area contributed by atoms with Crippen molar-refractivity contribution in [3.8, 4) is 11.5 Å². The summed E-state index contributed by atoms with van der Waals surface area (Å²) in [5.41, 5.74) is 0.757. The maximum Gasteiger partial charge on any atom is 0.407 e. The third-order valence-corrected chi connectivity index (χ3v) is 3.91. The van der Waals surface area contributed by atoms with Gasteiger partial charge in [0.05, 0.1) is 25.9 Å². The van der Waals surface area contributed by atoms with Crippen molar-refractivity contribution in [2.45, 2.75) is 38.8 Å². The molecule has 1 atom stereocenters. The molecular weight excluding hydrogens is 324 g/mol. The fourth-order valence-corrected chi connectivity index (χ4v) is 2.82. The number of hydrogen-bond donors (Lipinski definition) is 1. The van der Waals surface area contributed by atoms with Crippen LogP contribution < -0.4 is 19.7 Å². The standard InChI is InChI=1S/C18H26N2O5/c1-18(2,3)25-17(22)19-13-6-7-20(10-13)14-9-16(24-5)15(23-4)8-12(14)11-21/h8-9,11,13H,6-7,10H2,1-5H3,(H,19,22)/t13-/m1/s1. The number of methoxy groups -OCH3 is 2. The summed E-state index contributed by atoms with van der Waals surface area (Å²) in [4.78, 5) is 25.4. The Hall–Kier alpha value is -2.44. The Kier molecular flexibility index (Phi) is 5.77. The number of aldehydes is 1. The van der Waals surface area contributed by atoms with Gasteiger partial charge in [0.1, 0.15) is 5.60 Å². The van der Waals surface area contributed by atoms with E-state index in [1.165, 1.54) is 7.11 Å². The molecular formula is C18H26N2O5. The van der Waals surface area contributed by atoms with Gasteiger partial charge in [-0.3, -0.25) is 4.79 Å². The van der Waals surface area contributed by atoms with Crippen molar-refractivity contribution in [1.82, 2.24) is 5.32 Å². The molecule has 0 spiro atoms. The van der Waals surface area contributed by atoms with Crippen LogP contribution in [0.4, 0.5) is 10.5 Å². The highest BCUT2D eigenvalue weighted by Crippen LogP contribution is 2.35. The van der Waals surface area contributed by atoms with Crippen molar-refractivity contribution in [3.05, 3.63) is 17.7 Å². The maximum absolute atomic E-state index is 11.9. The molecule has 0 bridgehead atoms. The third kappa shape index (κ3) is 4.78. The predicted molar refractivity (Wildman–Crippen MR) is 94.9 cm³/mol. The second-order valence-corrected chi connectivity index (χ2v) is 6.96. The molecule has 1 fully saturated rings. The zero-order chi connectivity index (χ0) is 18.6. The van der Waals surface area contributed by atoms with Crippen LogP contribution in [0.3, 0.4) is 0 Å². The molecule has 7 nitrogen and oxygen atoms in total. The first-order valence-corrected chi connectivity index (χ1v) is 8.23. The molecule has 1 heterocycles. The number of amides is 1. The van der Waals surface area contributed by atoms with Gasteiger partial charge in [0, 0.05) is 24.7 Å². The van der Waals surface area contributed by atoms with Crippen LogP contribution in [0.25, 0.3) is 0 Å². The van der Waals surface area contributed by atoms with Gasteiger partial charge < -0.3 is 24.4 Å². The number of ether oxygens (including phenoxy) is 3. The third-order valence-electron chi connectivity index (χ3n) is 3.91. The summed E-state index contributed by atoms with van der Waals surface area (Å²) in [7, 11) is 3.09. The van der Waals surface area contributed by atoms with Crippen LogP contribution in [0.1, 0.15) is 37.6 Å². The number of rotatable bonds is 5. The maximum atomic E-state index is 11.9. The lowest BCUT2D eigenvalue weighted by Crippen LogP contribution is -2.40. The minimum absolute atomic E-state index is 0.0394. The van der Waals surface area contributed by atoms with Crippen molar-refractivity contribution in [2.75, 3.05) is 32.2 Å². The smallest absolute Gasteiger partial charge is 0.407 e. The van der Waals surface area contributed by atoms with Crippen molar-refractivity contribution in [2.24, 2.45) is 0 Å². The molecule has 1 amide bonds. The van der Waals surface area contributed by atoms with Crippen LogP contribution in [0.15, 0.2) is 12.1 Å². The van der Waals surface area contributed by atoms with Gasteiger partial charge in [0.25, 0.3) is 0 Å². The highest BCUT2D eigenvalue weighted by molar-refractivity contribution is 5.87. The Morgan fingerprint density at radius 2 is 1.88 bits per heavy atom. The average Bonchev–Trinajstić information content (AvgIpc) is 2.99. The molecule has 0 aliphatic carbocycles. The van der Waals surface area contributed by atoms with Crippen molar-refractivity contribution in [3.63, 3.8) is 0 Å². The lowest BCUT2D eigenvalue weighted by molar-refractivity contribution is 0.0509. The molecule has 1 aromatic carbocycles. The van der Waals surface area contributed by atoms with Gasteiger partial charge in [-0.2, -0.15) is 0 Å². The number of carbonyl (C=O) groups excluding carboxylic acids is 2. The summed E-state index contributed by atoms with van der Waals surface area (Å²) >= 11 is 0. The number of hydrogen-bond acceptors (Lipinski definition) is 6. The Labute approximate surface area is 148 Å². The summed E-state index contributed by atoms with van der Waals surface area (Å²) in [6.45, 7) is 6.79. The van der Waals surface area contributed by atoms with Crippen molar-refractivity contribution >= 4 is 18.1 Å². The van der Waals surface area contributed by atoms with Crippen LogP contribution in [0.5, 0.6) is 11.5 Å². The number of nitrogens with one attached hydrogen (secondary N) is 1. The number of anilines is 1. The Bertz CT molecular complexity index is 639. The summed E-state index contributed by atoms with van der Waals surface area (Å²) in [5.74, 6) is 1.07. The molecule has 0 saturated carbocycles. The summed E-state index contributed by atoms with van der Waals surface area (Å²) in [5, 5.41) is 2.88. The second kappa shape index (κ2) is 7.63. The van der Waals surface area contributed by atoms with Crippen molar-refractivity contribution in [1.29, 1.82) is 0 Å². The highest BCUT2D eigenvalue weighted by atomic mass is 16.6. The Balaban J connectivity index is 2.11. The van der Waals surface area contributed by atoms with Gasteiger partial charge in [-0.25, -0.2) is 4.79 Å². The molecule has 2 rings (SSSR count). The van der Waals surface area contributed by atoms with Crippen LogP contribution in [0.2, 0.25) is 0 Å². The van der Waals surface area contributed by atoms with Crippen molar-refractivity contribution < 1.29 is 23.8 Å². The van der Waals surface area contributed by atoms with Gasteiger partial charge in [-0.15, -0.1) is 0 Å². The predicted octanol–water partition coefficient (Wildman–Crippen LogP) is 2.62. The normalized spacial score (nSPS) is 17.2. The van der Waals surface area contributed by atoms with E-state index in [4.69, 9.17) is 14.2 Å². The largest absolute Gasteiger partial charge is 0.493 e. The molecule has 1 aromatic rings. The lowest BCUT2D eigenvalue weighted by Gasteiger charge is -2.23. The Morgan fingerprint density at radius 3 is 2.44 bits per heavy atom. The van der Waals surface area contributed by atoms with Gasteiger partial charge >= 0.3 is 6.09 Å². The number of benzene rings is 1. The minimum Gasteiger partial charge on any atom is -0.493 e. The fourth-order valence-electron chi connectivity index (χ4n) is 2.82. The molecule has 0 radical (unpaired) electrons. The van der Waals surface area contributed by atoms with E-state index in [1.54, 1.807) is 19.2 Å². The topological polar surface area (TPSA) is 77.1 Å². The highest BCUT2D eigenvalue weighted by Gasteiger charge is 2.28. The van der Waals surface area contributed by atoms with E-state index in [2.05, 4.69) is 5.32 Å². The zero-order valence-corrected chi connectivity index (χ0v) is 15.4. The summed E-state index contributed by atoms with van der Waals surface area (Å²) in [6, 6.07) is 3.41. The van der Waals surface area contributed by atoms with E-state index in [1.807, 2.05) is 25.7 Å². The van der Waals surface area contributed by atoms with Gasteiger partial charge in [0.2, 0.25) is 0 Å². The molecule has 138 valence electrons. The quantitative estimate of drug-likeness (QED) is 0.823. The first kappa shape index (κ1) is 18.9. The van der Waals surface area contributed by atoms with E-state index in [0.717, 1.165) is 24.9 Å². The first-order chi connectivity index (χ1) is 11.8. The average molecular weight is 350 g/mol. The van der Waals surface area contributed by atoms with E-state index in [9.17, 15) is 9.59 Å². The first-order valence-electron chi connectivity index (χ1n) is 8.23. The van der Waals surface area contributed by atoms with Crippen LogP contribution in [0, 0.1) is 0 Å². The van der Waals surface area contributed by atoms with Gasteiger partial charge in [-0.1, -0.05) is 0 Å². The zero-order valence-electron chi connectivity index (χ0n) is 15.4. The Morgan fingerprint density at radius 1 is 1.24 bits per heavy atom. The lowest BCUT2D eigenvalue weighted by atomic mass is 10.1. The van der Waals surface area contributed by atoms with E-state index < -0.39 is 11.7 Å². The second-order valence-electron chi connectivity index (χ2n) is 6.96. The molecule has 1 aliphatic rings. The summed E-state index contributed by atoms with van der Waals surface area (Å²) in [6.07, 6.45) is 1.14. The molecule has 1 N–H and O–H groups in total. The summed E-state index contributed by atoms with van der Waals surface area (Å²) < 4.78 is 15.9.